The monoisotopic (exact) mass is 736 g/mol. The summed E-state index contributed by atoms with van der Waals surface area (Å²) in [5.41, 5.74) is 12.2. The van der Waals surface area contributed by atoms with Crippen LogP contribution in [0.2, 0.25) is 0 Å². The third kappa shape index (κ3) is 5.91. The summed E-state index contributed by atoms with van der Waals surface area (Å²) in [5, 5.41) is 10.1. The van der Waals surface area contributed by atoms with E-state index in [0.717, 1.165) is 39.5 Å². The molecular weight excluding hydrogens is 701 g/mol. The highest BCUT2D eigenvalue weighted by atomic mass is 14.9. The van der Waals surface area contributed by atoms with Crippen LogP contribution in [0.1, 0.15) is 0 Å². The van der Waals surface area contributed by atoms with Crippen LogP contribution in [-0.2, 0) is 0 Å². The fourth-order valence-electron chi connectivity index (χ4n) is 8.62. The van der Waals surface area contributed by atoms with Gasteiger partial charge in [-0.3, -0.25) is 0 Å². The fraction of sp³-hybridized carbons (Fsp3) is 0. The topological polar surface area (TPSA) is 25.8 Å². The van der Waals surface area contributed by atoms with Gasteiger partial charge in [0.25, 0.3) is 0 Å². The summed E-state index contributed by atoms with van der Waals surface area (Å²) in [6.07, 6.45) is 0. The van der Waals surface area contributed by atoms with E-state index in [0.29, 0.717) is 0 Å². The molecule has 0 radical (unpaired) electrons. The van der Waals surface area contributed by atoms with Crippen LogP contribution in [0, 0.1) is 0 Å². The molecule has 0 amide bonds. The largest absolute Gasteiger partial charge is 0.228 e. The maximum atomic E-state index is 5.03. The maximum absolute atomic E-state index is 5.03. The van der Waals surface area contributed by atoms with E-state index < -0.39 is 0 Å². The number of hydrogen-bond acceptors (Lipinski definition) is 2. The van der Waals surface area contributed by atoms with E-state index in [1.165, 1.54) is 70.9 Å². The normalized spacial score (nSPS) is 11.4. The Kier molecular flexibility index (Phi) is 8.19. The number of benzene rings is 10. The van der Waals surface area contributed by atoms with Crippen molar-refractivity contribution in [1.29, 1.82) is 0 Å². The van der Waals surface area contributed by atoms with Crippen LogP contribution in [0.25, 0.3) is 110 Å². The maximum Gasteiger partial charge on any atom is 0.160 e. The van der Waals surface area contributed by atoms with Crippen molar-refractivity contribution in [3.05, 3.63) is 218 Å². The molecule has 0 spiro atoms. The summed E-state index contributed by atoms with van der Waals surface area (Å²) in [6.45, 7) is 0. The Labute approximate surface area is 337 Å². The molecule has 1 aromatic heterocycles. The summed E-state index contributed by atoms with van der Waals surface area (Å²) in [5.74, 6) is 0.719. The highest BCUT2D eigenvalue weighted by Crippen LogP contribution is 2.44. The second kappa shape index (κ2) is 14.1. The van der Waals surface area contributed by atoms with E-state index >= 15 is 0 Å². The fourth-order valence-corrected chi connectivity index (χ4v) is 8.62. The minimum Gasteiger partial charge on any atom is -0.228 e. The molecule has 0 aliphatic heterocycles. The Morgan fingerprint density at radius 3 is 1.40 bits per heavy atom. The van der Waals surface area contributed by atoms with Crippen molar-refractivity contribution in [3.8, 4) is 67.3 Å². The smallest absolute Gasteiger partial charge is 0.160 e. The van der Waals surface area contributed by atoms with Crippen LogP contribution in [-0.4, -0.2) is 9.97 Å². The lowest BCUT2D eigenvalue weighted by molar-refractivity contribution is 1.18. The number of fused-ring (bicyclic) bond motifs is 5. The first-order valence-corrected chi connectivity index (χ1v) is 19.8. The van der Waals surface area contributed by atoms with E-state index in [1.807, 2.05) is 36.4 Å². The second-order valence-electron chi connectivity index (χ2n) is 14.9. The Morgan fingerprint density at radius 2 is 0.724 bits per heavy atom. The molecule has 58 heavy (non-hydrogen) atoms. The third-order valence-electron chi connectivity index (χ3n) is 11.5. The number of aromatic nitrogens is 2. The molecule has 11 rings (SSSR count). The van der Waals surface area contributed by atoms with Gasteiger partial charge in [-0.1, -0.05) is 206 Å². The van der Waals surface area contributed by atoms with Crippen LogP contribution >= 0.6 is 0 Å². The molecule has 2 heteroatoms. The average molecular weight is 737 g/mol. The molecule has 0 N–H and O–H groups in total. The predicted octanol–water partition coefficient (Wildman–Crippen LogP) is 15.1. The first kappa shape index (κ1) is 33.6. The quantitative estimate of drug-likeness (QED) is 0.125. The Morgan fingerprint density at radius 1 is 0.241 bits per heavy atom. The molecule has 270 valence electrons. The summed E-state index contributed by atoms with van der Waals surface area (Å²) >= 11 is 0. The van der Waals surface area contributed by atoms with Gasteiger partial charge in [-0.05, 0) is 88.6 Å². The van der Waals surface area contributed by atoms with E-state index in [2.05, 4.69) is 182 Å². The van der Waals surface area contributed by atoms with Gasteiger partial charge in [-0.15, -0.1) is 0 Å². The molecule has 10 aromatic carbocycles. The molecule has 11 aromatic rings. The minimum atomic E-state index is 0.719. The lowest BCUT2D eigenvalue weighted by Gasteiger charge is -2.17. The standard InChI is InChI=1S/C56H36N2/c1-3-14-41(15-4-1)53-36-54(58-56(57-53)43-16-5-2-6-17-43)42-29-25-38(26-30-42)37-23-27-40(28-24-37)46-33-34-50(49-22-12-11-21-48(46)49)55-47-20-10-8-18-44(47)35-52-45-19-9-7-13-39(45)31-32-51(52)55/h1-36H. The van der Waals surface area contributed by atoms with Crippen LogP contribution in [0.5, 0.6) is 0 Å². The van der Waals surface area contributed by atoms with Crippen molar-refractivity contribution in [2.24, 2.45) is 0 Å². The van der Waals surface area contributed by atoms with Crippen molar-refractivity contribution >= 4 is 43.1 Å². The van der Waals surface area contributed by atoms with Gasteiger partial charge in [0.05, 0.1) is 11.4 Å². The molecule has 0 saturated heterocycles. The summed E-state index contributed by atoms with van der Waals surface area (Å²) in [4.78, 5) is 9.99. The zero-order chi connectivity index (χ0) is 38.4. The van der Waals surface area contributed by atoms with Gasteiger partial charge in [0.15, 0.2) is 5.82 Å². The molecule has 0 aliphatic carbocycles. The second-order valence-corrected chi connectivity index (χ2v) is 14.9. The van der Waals surface area contributed by atoms with Crippen molar-refractivity contribution in [2.45, 2.75) is 0 Å². The van der Waals surface area contributed by atoms with Gasteiger partial charge in [-0.25, -0.2) is 9.97 Å². The first-order chi connectivity index (χ1) is 28.7. The van der Waals surface area contributed by atoms with Gasteiger partial charge >= 0.3 is 0 Å². The minimum absolute atomic E-state index is 0.719. The van der Waals surface area contributed by atoms with Crippen LogP contribution < -0.4 is 0 Å². The number of rotatable bonds is 6. The average Bonchev–Trinajstić information content (AvgIpc) is 3.31. The molecular formula is C56H36N2. The summed E-state index contributed by atoms with van der Waals surface area (Å²) < 4.78 is 0. The molecule has 2 nitrogen and oxygen atoms in total. The molecule has 0 fully saturated rings. The SMILES string of the molecule is c1ccc(-c2cc(-c3ccc(-c4ccc(-c5ccc(-c6c7ccccc7cc7c6ccc6ccccc67)c6ccccc56)cc4)cc3)nc(-c3ccccc3)n2)cc1. The summed E-state index contributed by atoms with van der Waals surface area (Å²) in [7, 11) is 0. The third-order valence-corrected chi connectivity index (χ3v) is 11.5. The zero-order valence-corrected chi connectivity index (χ0v) is 31.7. The van der Waals surface area contributed by atoms with Crippen molar-refractivity contribution in [1.82, 2.24) is 9.97 Å². The molecule has 0 saturated carbocycles. The van der Waals surface area contributed by atoms with Crippen molar-refractivity contribution in [3.63, 3.8) is 0 Å². The van der Waals surface area contributed by atoms with E-state index in [-0.39, 0.29) is 0 Å². The molecule has 0 aliphatic rings. The van der Waals surface area contributed by atoms with Crippen LogP contribution in [0.4, 0.5) is 0 Å². The van der Waals surface area contributed by atoms with Gasteiger partial charge in [0.1, 0.15) is 0 Å². The number of hydrogen-bond donors (Lipinski definition) is 0. The zero-order valence-electron chi connectivity index (χ0n) is 31.7. The highest BCUT2D eigenvalue weighted by molar-refractivity contribution is 6.23. The lowest BCUT2D eigenvalue weighted by Crippen LogP contribution is -1.95. The van der Waals surface area contributed by atoms with Gasteiger partial charge < -0.3 is 0 Å². The Bertz CT molecular complexity index is 3240. The van der Waals surface area contributed by atoms with Gasteiger partial charge in [0.2, 0.25) is 0 Å². The molecule has 0 atom stereocenters. The predicted molar refractivity (Wildman–Crippen MR) is 245 cm³/mol. The van der Waals surface area contributed by atoms with E-state index in [4.69, 9.17) is 9.97 Å². The van der Waals surface area contributed by atoms with Crippen molar-refractivity contribution < 1.29 is 0 Å². The first-order valence-electron chi connectivity index (χ1n) is 19.8. The lowest BCUT2D eigenvalue weighted by atomic mass is 9.86. The van der Waals surface area contributed by atoms with Crippen LogP contribution in [0.3, 0.4) is 0 Å². The molecule has 0 unspecified atom stereocenters. The summed E-state index contributed by atoms with van der Waals surface area (Å²) in [6, 6.07) is 78.3. The van der Waals surface area contributed by atoms with Gasteiger partial charge in [-0.2, -0.15) is 0 Å². The number of nitrogens with zero attached hydrogens (tertiary/aromatic N) is 2. The molecule has 1 heterocycles. The van der Waals surface area contributed by atoms with E-state index in [9.17, 15) is 0 Å². The molecule has 0 bridgehead atoms. The Hall–Kier alpha value is -7.68. The van der Waals surface area contributed by atoms with E-state index in [1.54, 1.807) is 0 Å². The van der Waals surface area contributed by atoms with Crippen molar-refractivity contribution in [2.75, 3.05) is 0 Å². The Balaban J connectivity index is 0.956. The van der Waals surface area contributed by atoms with Gasteiger partial charge in [0, 0.05) is 16.7 Å². The highest BCUT2D eigenvalue weighted by Gasteiger charge is 2.17. The van der Waals surface area contributed by atoms with Crippen LogP contribution in [0.15, 0.2) is 218 Å².